The molecule has 1 aromatic carbocycles. The maximum atomic E-state index is 12.6. The molecule has 1 aliphatic rings. The number of methoxy groups -OCH3 is 1. The molecule has 2 heterocycles. The highest BCUT2D eigenvalue weighted by atomic mass is 16.5. The molecule has 1 saturated heterocycles. The van der Waals surface area contributed by atoms with Crippen LogP contribution in [0.4, 0.5) is 0 Å². The van der Waals surface area contributed by atoms with Gasteiger partial charge < -0.3 is 18.9 Å². The summed E-state index contributed by atoms with van der Waals surface area (Å²) in [6.45, 7) is 5.45. The van der Waals surface area contributed by atoms with E-state index in [1.807, 2.05) is 38.1 Å². The van der Waals surface area contributed by atoms with Crippen LogP contribution in [0.15, 0.2) is 28.8 Å². The van der Waals surface area contributed by atoms with Crippen molar-refractivity contribution in [3.05, 3.63) is 41.5 Å². The van der Waals surface area contributed by atoms with Crippen molar-refractivity contribution >= 4 is 5.91 Å². The fourth-order valence-corrected chi connectivity index (χ4v) is 2.67. The third-order valence-corrected chi connectivity index (χ3v) is 4.17. The molecule has 7 heteroatoms. The summed E-state index contributed by atoms with van der Waals surface area (Å²) in [6.07, 6.45) is 0.00466. The molecule has 0 radical (unpaired) electrons. The van der Waals surface area contributed by atoms with E-state index in [0.29, 0.717) is 37.8 Å². The highest BCUT2D eigenvalue weighted by molar-refractivity contribution is 5.79. The van der Waals surface area contributed by atoms with Gasteiger partial charge in [-0.15, -0.1) is 0 Å². The third-order valence-electron chi connectivity index (χ3n) is 4.17. The second kappa shape index (κ2) is 7.65. The van der Waals surface area contributed by atoms with Crippen molar-refractivity contribution in [2.24, 2.45) is 0 Å². The number of hydrogen-bond donors (Lipinski definition) is 0. The molecule has 1 aliphatic heterocycles. The molecule has 1 amide bonds. The van der Waals surface area contributed by atoms with E-state index in [4.69, 9.17) is 14.0 Å². The number of amides is 1. The van der Waals surface area contributed by atoms with Gasteiger partial charge in [0, 0.05) is 12.5 Å². The van der Waals surface area contributed by atoms with E-state index in [1.165, 1.54) is 0 Å². The van der Waals surface area contributed by atoms with Crippen LogP contribution >= 0.6 is 0 Å². The van der Waals surface area contributed by atoms with Crippen LogP contribution in [-0.4, -0.2) is 47.8 Å². The number of aromatic nitrogens is 2. The number of ether oxygens (including phenoxy) is 2. The highest BCUT2D eigenvalue weighted by Gasteiger charge is 2.29. The fraction of sp³-hybridized carbons (Fsp3) is 0.500. The SMILES string of the molecule is COc1ccc(CC(=O)N2CCO[C@@H](c3noc(C(C)C)n3)C2)cc1. The average molecular weight is 345 g/mol. The molecule has 0 spiro atoms. The molecule has 0 bridgehead atoms. The molecular weight excluding hydrogens is 322 g/mol. The Labute approximate surface area is 146 Å². The van der Waals surface area contributed by atoms with Gasteiger partial charge in [0.05, 0.1) is 26.7 Å². The summed E-state index contributed by atoms with van der Waals surface area (Å²) in [5, 5.41) is 4.00. The molecule has 2 aromatic rings. The predicted octanol–water partition coefficient (Wildman–Crippen LogP) is 2.34. The third kappa shape index (κ3) is 4.17. The van der Waals surface area contributed by atoms with Gasteiger partial charge in [0.1, 0.15) is 11.9 Å². The van der Waals surface area contributed by atoms with E-state index < -0.39 is 0 Å². The van der Waals surface area contributed by atoms with Crippen LogP contribution in [0.25, 0.3) is 0 Å². The molecule has 1 fully saturated rings. The zero-order valence-electron chi connectivity index (χ0n) is 14.8. The summed E-state index contributed by atoms with van der Waals surface area (Å²) >= 11 is 0. The maximum absolute atomic E-state index is 12.6. The first kappa shape index (κ1) is 17.4. The molecular formula is C18H23N3O4. The molecule has 7 nitrogen and oxygen atoms in total. The molecule has 0 saturated carbocycles. The molecule has 0 aliphatic carbocycles. The molecule has 134 valence electrons. The van der Waals surface area contributed by atoms with Crippen LogP contribution in [0.2, 0.25) is 0 Å². The van der Waals surface area contributed by atoms with Gasteiger partial charge in [-0.1, -0.05) is 31.1 Å². The van der Waals surface area contributed by atoms with E-state index in [9.17, 15) is 4.79 Å². The van der Waals surface area contributed by atoms with Gasteiger partial charge in [-0.2, -0.15) is 4.98 Å². The van der Waals surface area contributed by atoms with Gasteiger partial charge in [0.15, 0.2) is 0 Å². The van der Waals surface area contributed by atoms with Crippen molar-refractivity contribution in [1.82, 2.24) is 15.0 Å². The lowest BCUT2D eigenvalue weighted by molar-refractivity contribution is -0.138. The van der Waals surface area contributed by atoms with Gasteiger partial charge in [-0.25, -0.2) is 0 Å². The lowest BCUT2D eigenvalue weighted by Crippen LogP contribution is -2.43. The normalized spacial score (nSPS) is 17.8. The topological polar surface area (TPSA) is 77.7 Å². The summed E-state index contributed by atoms with van der Waals surface area (Å²) in [7, 11) is 1.62. The lowest BCUT2D eigenvalue weighted by atomic mass is 10.1. The van der Waals surface area contributed by atoms with Crippen molar-refractivity contribution in [2.75, 3.05) is 26.8 Å². The number of morpholine rings is 1. The van der Waals surface area contributed by atoms with Crippen molar-refractivity contribution in [3.8, 4) is 5.75 Å². The largest absolute Gasteiger partial charge is 0.497 e. The summed E-state index contributed by atoms with van der Waals surface area (Å²) in [6, 6.07) is 7.53. The van der Waals surface area contributed by atoms with E-state index in [0.717, 1.165) is 11.3 Å². The second-order valence-electron chi connectivity index (χ2n) is 6.37. The summed E-state index contributed by atoms with van der Waals surface area (Å²) in [5.74, 6) is 2.09. The van der Waals surface area contributed by atoms with Crippen molar-refractivity contribution < 1.29 is 18.8 Å². The number of benzene rings is 1. The fourth-order valence-electron chi connectivity index (χ4n) is 2.67. The molecule has 1 aromatic heterocycles. The van der Waals surface area contributed by atoms with Crippen LogP contribution < -0.4 is 4.74 Å². The van der Waals surface area contributed by atoms with Gasteiger partial charge in [0.25, 0.3) is 0 Å². The van der Waals surface area contributed by atoms with E-state index in [2.05, 4.69) is 10.1 Å². The Morgan fingerprint density at radius 3 is 2.76 bits per heavy atom. The van der Waals surface area contributed by atoms with Crippen LogP contribution in [0.5, 0.6) is 5.75 Å². The van der Waals surface area contributed by atoms with Gasteiger partial charge in [-0.05, 0) is 17.7 Å². The Balaban J connectivity index is 1.62. The lowest BCUT2D eigenvalue weighted by Gasteiger charge is -2.31. The summed E-state index contributed by atoms with van der Waals surface area (Å²) in [5.41, 5.74) is 0.954. The van der Waals surface area contributed by atoms with Crippen LogP contribution in [-0.2, 0) is 16.0 Å². The number of carbonyl (C=O) groups is 1. The molecule has 25 heavy (non-hydrogen) atoms. The van der Waals surface area contributed by atoms with E-state index in [-0.39, 0.29) is 17.9 Å². The molecule has 0 N–H and O–H groups in total. The number of nitrogens with zero attached hydrogens (tertiary/aromatic N) is 3. The first-order valence-electron chi connectivity index (χ1n) is 8.42. The van der Waals surface area contributed by atoms with Gasteiger partial charge >= 0.3 is 0 Å². The predicted molar refractivity (Wildman–Crippen MR) is 90.4 cm³/mol. The average Bonchev–Trinajstić information content (AvgIpc) is 3.13. The van der Waals surface area contributed by atoms with Crippen molar-refractivity contribution in [1.29, 1.82) is 0 Å². The minimum atomic E-state index is -0.343. The highest BCUT2D eigenvalue weighted by Crippen LogP contribution is 2.22. The zero-order valence-corrected chi connectivity index (χ0v) is 14.8. The molecule has 3 rings (SSSR count). The Hall–Kier alpha value is -2.41. The maximum Gasteiger partial charge on any atom is 0.229 e. The Bertz CT molecular complexity index is 711. The first-order chi connectivity index (χ1) is 12.1. The molecule has 1 atom stereocenters. The zero-order chi connectivity index (χ0) is 17.8. The van der Waals surface area contributed by atoms with E-state index >= 15 is 0 Å². The Morgan fingerprint density at radius 1 is 1.36 bits per heavy atom. The first-order valence-corrected chi connectivity index (χ1v) is 8.42. The standard InChI is InChI=1S/C18H23N3O4/c1-12(2)18-19-17(20-25-18)15-11-21(8-9-24-15)16(22)10-13-4-6-14(23-3)7-5-13/h4-7,12,15H,8-11H2,1-3H3/t15-/m1/s1. The smallest absolute Gasteiger partial charge is 0.229 e. The minimum Gasteiger partial charge on any atom is -0.497 e. The van der Waals surface area contributed by atoms with Crippen molar-refractivity contribution in [3.63, 3.8) is 0 Å². The number of carbonyl (C=O) groups excluding carboxylic acids is 1. The Morgan fingerprint density at radius 2 is 2.12 bits per heavy atom. The van der Waals surface area contributed by atoms with Gasteiger partial charge in [0.2, 0.25) is 17.6 Å². The number of rotatable bonds is 5. The Kier molecular flexibility index (Phi) is 5.33. The van der Waals surface area contributed by atoms with Crippen molar-refractivity contribution in [2.45, 2.75) is 32.3 Å². The second-order valence-corrected chi connectivity index (χ2v) is 6.37. The van der Waals surface area contributed by atoms with Crippen LogP contribution in [0, 0.1) is 0 Å². The molecule has 0 unspecified atom stereocenters. The van der Waals surface area contributed by atoms with E-state index in [1.54, 1.807) is 12.0 Å². The monoisotopic (exact) mass is 345 g/mol. The minimum absolute atomic E-state index is 0.0612. The summed E-state index contributed by atoms with van der Waals surface area (Å²) in [4.78, 5) is 18.8. The van der Waals surface area contributed by atoms with Crippen LogP contribution in [0.1, 0.15) is 43.1 Å². The van der Waals surface area contributed by atoms with Gasteiger partial charge in [-0.3, -0.25) is 4.79 Å². The number of hydrogen-bond acceptors (Lipinski definition) is 6. The quantitative estimate of drug-likeness (QED) is 0.828. The van der Waals surface area contributed by atoms with Crippen LogP contribution in [0.3, 0.4) is 0 Å². The summed E-state index contributed by atoms with van der Waals surface area (Å²) < 4.78 is 16.1.